The highest BCUT2D eigenvalue weighted by Crippen LogP contribution is 2.22. The van der Waals surface area contributed by atoms with Gasteiger partial charge in [0.25, 0.3) is 5.91 Å². The standard InChI is InChI=1S/C16H14FNO4/c1-21-12-6-7-15(11(8-12)9-19)22-10-16(20)18-14-5-3-2-4-13(14)17/h2-9H,10H2,1H3,(H,18,20). The van der Waals surface area contributed by atoms with E-state index in [9.17, 15) is 14.0 Å². The molecule has 0 heterocycles. The minimum Gasteiger partial charge on any atom is -0.497 e. The van der Waals surface area contributed by atoms with Crippen molar-refractivity contribution in [1.82, 2.24) is 0 Å². The first kappa shape index (κ1) is 15.5. The molecule has 0 saturated heterocycles. The van der Waals surface area contributed by atoms with Gasteiger partial charge in [0.15, 0.2) is 12.9 Å². The Morgan fingerprint density at radius 3 is 2.73 bits per heavy atom. The number of para-hydroxylation sites is 1. The molecule has 0 atom stereocenters. The van der Waals surface area contributed by atoms with E-state index in [1.807, 2.05) is 0 Å². The van der Waals surface area contributed by atoms with E-state index in [1.165, 1.54) is 37.4 Å². The lowest BCUT2D eigenvalue weighted by atomic mass is 10.2. The molecule has 0 radical (unpaired) electrons. The predicted octanol–water partition coefficient (Wildman–Crippen LogP) is 2.66. The van der Waals surface area contributed by atoms with Gasteiger partial charge in [-0.15, -0.1) is 0 Å². The first-order valence-corrected chi connectivity index (χ1v) is 6.44. The van der Waals surface area contributed by atoms with Crippen LogP contribution in [0.5, 0.6) is 11.5 Å². The molecular formula is C16H14FNO4. The first-order chi connectivity index (χ1) is 10.6. The molecule has 2 rings (SSSR count). The van der Waals surface area contributed by atoms with Crippen molar-refractivity contribution in [2.24, 2.45) is 0 Å². The number of benzene rings is 2. The molecule has 22 heavy (non-hydrogen) atoms. The maximum Gasteiger partial charge on any atom is 0.262 e. The molecule has 1 amide bonds. The number of nitrogens with one attached hydrogen (secondary N) is 1. The molecule has 114 valence electrons. The molecule has 0 aliphatic rings. The number of halogens is 1. The summed E-state index contributed by atoms with van der Waals surface area (Å²) >= 11 is 0. The van der Waals surface area contributed by atoms with Gasteiger partial charge in [0.2, 0.25) is 0 Å². The van der Waals surface area contributed by atoms with Crippen LogP contribution in [0.15, 0.2) is 42.5 Å². The van der Waals surface area contributed by atoms with Gasteiger partial charge in [-0.1, -0.05) is 12.1 Å². The molecule has 0 aliphatic carbocycles. The van der Waals surface area contributed by atoms with Crippen molar-refractivity contribution in [1.29, 1.82) is 0 Å². The smallest absolute Gasteiger partial charge is 0.262 e. The van der Waals surface area contributed by atoms with Crippen LogP contribution in [-0.2, 0) is 4.79 Å². The van der Waals surface area contributed by atoms with E-state index < -0.39 is 11.7 Å². The summed E-state index contributed by atoms with van der Waals surface area (Å²) in [5.41, 5.74) is 0.333. The van der Waals surface area contributed by atoms with Gasteiger partial charge >= 0.3 is 0 Å². The molecule has 0 saturated carbocycles. The highest BCUT2D eigenvalue weighted by atomic mass is 19.1. The summed E-state index contributed by atoms with van der Waals surface area (Å²) in [5, 5.41) is 2.39. The molecule has 1 N–H and O–H groups in total. The normalized spacial score (nSPS) is 9.91. The van der Waals surface area contributed by atoms with Gasteiger partial charge in [0.1, 0.15) is 17.3 Å². The van der Waals surface area contributed by atoms with Crippen LogP contribution in [0.2, 0.25) is 0 Å². The second kappa shape index (κ2) is 7.21. The summed E-state index contributed by atoms with van der Waals surface area (Å²) in [6.45, 7) is -0.346. The van der Waals surface area contributed by atoms with Crippen molar-refractivity contribution in [3.8, 4) is 11.5 Å². The number of aldehydes is 1. The van der Waals surface area contributed by atoms with Gasteiger partial charge < -0.3 is 14.8 Å². The maximum atomic E-state index is 13.4. The molecule has 2 aromatic rings. The van der Waals surface area contributed by atoms with Gasteiger partial charge in [-0.05, 0) is 30.3 Å². The molecule has 0 unspecified atom stereocenters. The summed E-state index contributed by atoms with van der Waals surface area (Å²) in [4.78, 5) is 22.7. The Balaban J connectivity index is 1.99. The third-order valence-corrected chi connectivity index (χ3v) is 2.85. The molecule has 0 aliphatic heterocycles. The zero-order chi connectivity index (χ0) is 15.9. The summed E-state index contributed by atoms with van der Waals surface area (Å²) in [6, 6.07) is 10.4. The predicted molar refractivity (Wildman–Crippen MR) is 78.9 cm³/mol. The molecule has 6 heteroatoms. The number of carbonyl (C=O) groups is 2. The van der Waals surface area contributed by atoms with E-state index in [-0.39, 0.29) is 23.6 Å². The number of anilines is 1. The van der Waals surface area contributed by atoms with Crippen LogP contribution in [-0.4, -0.2) is 25.9 Å². The first-order valence-electron chi connectivity index (χ1n) is 6.44. The van der Waals surface area contributed by atoms with Gasteiger partial charge in [0, 0.05) is 0 Å². The minimum atomic E-state index is -0.533. The SMILES string of the molecule is COc1ccc(OCC(=O)Nc2ccccc2F)c(C=O)c1. The van der Waals surface area contributed by atoms with E-state index >= 15 is 0 Å². The molecule has 0 fully saturated rings. The number of ether oxygens (including phenoxy) is 2. The van der Waals surface area contributed by atoms with Gasteiger partial charge in [0.05, 0.1) is 18.4 Å². The quantitative estimate of drug-likeness (QED) is 0.833. The lowest BCUT2D eigenvalue weighted by Crippen LogP contribution is -2.21. The fourth-order valence-corrected chi connectivity index (χ4v) is 1.77. The number of hydrogen-bond donors (Lipinski definition) is 1. The highest BCUT2D eigenvalue weighted by molar-refractivity contribution is 5.92. The van der Waals surface area contributed by atoms with Crippen molar-refractivity contribution >= 4 is 17.9 Å². The molecule has 2 aromatic carbocycles. The van der Waals surface area contributed by atoms with Crippen molar-refractivity contribution in [2.75, 3.05) is 19.0 Å². The van der Waals surface area contributed by atoms with E-state index in [0.29, 0.717) is 12.0 Å². The Morgan fingerprint density at radius 1 is 1.27 bits per heavy atom. The zero-order valence-electron chi connectivity index (χ0n) is 11.8. The second-order valence-corrected chi connectivity index (χ2v) is 4.34. The van der Waals surface area contributed by atoms with Crippen molar-refractivity contribution < 1.29 is 23.5 Å². The van der Waals surface area contributed by atoms with Crippen LogP contribution < -0.4 is 14.8 Å². The van der Waals surface area contributed by atoms with Gasteiger partial charge in [-0.3, -0.25) is 9.59 Å². The Morgan fingerprint density at radius 2 is 2.05 bits per heavy atom. The summed E-state index contributed by atoms with van der Waals surface area (Å²) in [6.07, 6.45) is 0.604. The third kappa shape index (κ3) is 3.82. The molecular weight excluding hydrogens is 289 g/mol. The Kier molecular flexibility index (Phi) is 5.08. The van der Waals surface area contributed by atoms with Crippen LogP contribution >= 0.6 is 0 Å². The lowest BCUT2D eigenvalue weighted by Gasteiger charge is -2.10. The zero-order valence-corrected chi connectivity index (χ0v) is 11.8. The average molecular weight is 303 g/mol. The van der Waals surface area contributed by atoms with Crippen LogP contribution in [0.25, 0.3) is 0 Å². The molecule has 0 aromatic heterocycles. The van der Waals surface area contributed by atoms with E-state index in [1.54, 1.807) is 12.1 Å². The number of methoxy groups -OCH3 is 1. The third-order valence-electron chi connectivity index (χ3n) is 2.85. The Hall–Kier alpha value is -2.89. The summed E-state index contributed by atoms with van der Waals surface area (Å²) in [7, 11) is 1.48. The molecule has 0 bridgehead atoms. The van der Waals surface area contributed by atoms with E-state index in [0.717, 1.165) is 0 Å². The van der Waals surface area contributed by atoms with Crippen LogP contribution in [0.3, 0.4) is 0 Å². The van der Waals surface area contributed by atoms with Gasteiger partial charge in [-0.2, -0.15) is 0 Å². The Labute approximate surface area is 126 Å². The number of carbonyl (C=O) groups excluding carboxylic acids is 2. The monoisotopic (exact) mass is 303 g/mol. The summed E-state index contributed by atoms with van der Waals surface area (Å²) < 4.78 is 23.7. The van der Waals surface area contributed by atoms with E-state index in [4.69, 9.17) is 9.47 Å². The second-order valence-electron chi connectivity index (χ2n) is 4.34. The van der Waals surface area contributed by atoms with E-state index in [2.05, 4.69) is 5.32 Å². The topological polar surface area (TPSA) is 64.6 Å². The minimum absolute atomic E-state index is 0.0708. The number of hydrogen-bond acceptors (Lipinski definition) is 4. The summed E-state index contributed by atoms with van der Waals surface area (Å²) in [5.74, 6) is -0.309. The number of amides is 1. The van der Waals surface area contributed by atoms with Gasteiger partial charge in [-0.25, -0.2) is 4.39 Å². The fourth-order valence-electron chi connectivity index (χ4n) is 1.77. The van der Waals surface area contributed by atoms with Crippen molar-refractivity contribution in [3.63, 3.8) is 0 Å². The van der Waals surface area contributed by atoms with Crippen LogP contribution in [0, 0.1) is 5.82 Å². The molecule has 5 nitrogen and oxygen atoms in total. The number of rotatable bonds is 6. The fraction of sp³-hybridized carbons (Fsp3) is 0.125. The highest BCUT2D eigenvalue weighted by Gasteiger charge is 2.10. The van der Waals surface area contributed by atoms with Crippen LogP contribution in [0.4, 0.5) is 10.1 Å². The van der Waals surface area contributed by atoms with Crippen LogP contribution in [0.1, 0.15) is 10.4 Å². The largest absolute Gasteiger partial charge is 0.497 e. The maximum absolute atomic E-state index is 13.4. The lowest BCUT2D eigenvalue weighted by molar-refractivity contribution is -0.118. The average Bonchev–Trinajstić information content (AvgIpc) is 2.55. The van der Waals surface area contributed by atoms with Crippen molar-refractivity contribution in [3.05, 3.63) is 53.8 Å². The van der Waals surface area contributed by atoms with Crippen molar-refractivity contribution in [2.45, 2.75) is 0 Å². The molecule has 0 spiro atoms. The Bertz CT molecular complexity index is 688.